The number of nitrogens with zero attached hydrogens (tertiary/aromatic N) is 5. The van der Waals surface area contributed by atoms with E-state index in [-0.39, 0.29) is 11.8 Å². The first-order valence-corrected chi connectivity index (χ1v) is 9.44. The van der Waals surface area contributed by atoms with Gasteiger partial charge in [0.25, 0.3) is 11.8 Å². The Morgan fingerprint density at radius 3 is 2.30 bits per heavy atom. The average molecular weight is 369 g/mol. The van der Waals surface area contributed by atoms with Crippen LogP contribution in [0.2, 0.25) is 0 Å². The summed E-state index contributed by atoms with van der Waals surface area (Å²) in [6.45, 7) is 3.44. The zero-order chi connectivity index (χ0) is 18.8. The maximum atomic E-state index is 13.0. The summed E-state index contributed by atoms with van der Waals surface area (Å²) in [5, 5.41) is 0. The third kappa shape index (κ3) is 3.27. The summed E-state index contributed by atoms with van der Waals surface area (Å²) >= 11 is 0. The molecule has 8 nitrogen and oxygen atoms in total. The van der Waals surface area contributed by atoms with Gasteiger partial charge in [0, 0.05) is 45.5 Å². The Labute approximate surface area is 157 Å². The Bertz CT molecular complexity index is 863. The molecule has 0 unspecified atom stereocenters. The Kier molecular flexibility index (Phi) is 4.79. The molecule has 2 aliphatic rings. The highest BCUT2D eigenvalue weighted by Gasteiger charge is 2.29. The summed E-state index contributed by atoms with van der Waals surface area (Å²) in [6.07, 6.45) is 5.73. The minimum Gasteiger partial charge on any atom is -0.342 e. The normalized spacial score (nSPS) is 18.0. The molecular formula is C19H23N5O3. The molecule has 0 atom stereocenters. The van der Waals surface area contributed by atoms with Crippen LogP contribution < -0.4 is 0 Å². The lowest BCUT2D eigenvalue weighted by Crippen LogP contribution is -2.48. The molecule has 2 aliphatic heterocycles. The Hall–Kier alpha value is -2.90. The number of amides is 3. The van der Waals surface area contributed by atoms with Crippen molar-refractivity contribution in [2.75, 3.05) is 39.3 Å². The predicted octanol–water partition coefficient (Wildman–Crippen LogP) is 0.875. The highest BCUT2D eigenvalue weighted by molar-refractivity contribution is 6.02. The molecule has 4 rings (SSSR count). The van der Waals surface area contributed by atoms with E-state index in [4.69, 9.17) is 0 Å². The molecule has 2 aromatic heterocycles. The van der Waals surface area contributed by atoms with Crippen LogP contribution in [0.1, 0.15) is 40.4 Å². The molecule has 27 heavy (non-hydrogen) atoms. The molecule has 3 amide bonds. The van der Waals surface area contributed by atoms with Crippen molar-refractivity contribution in [1.29, 1.82) is 0 Å². The van der Waals surface area contributed by atoms with Crippen molar-refractivity contribution in [1.82, 2.24) is 24.1 Å². The monoisotopic (exact) mass is 369 g/mol. The Morgan fingerprint density at radius 2 is 1.59 bits per heavy atom. The van der Waals surface area contributed by atoms with E-state index in [9.17, 15) is 14.4 Å². The van der Waals surface area contributed by atoms with Crippen LogP contribution in [0.3, 0.4) is 0 Å². The maximum absolute atomic E-state index is 13.0. The van der Waals surface area contributed by atoms with E-state index < -0.39 is 0 Å². The molecule has 0 N–H and O–H groups in total. The number of hydrogen-bond acceptors (Lipinski definition) is 4. The van der Waals surface area contributed by atoms with Gasteiger partial charge in [0.1, 0.15) is 0 Å². The number of likely N-dealkylation sites (tertiary alicyclic amines) is 1. The number of imidazole rings is 1. The van der Waals surface area contributed by atoms with Crippen molar-refractivity contribution in [2.45, 2.75) is 19.3 Å². The van der Waals surface area contributed by atoms with E-state index in [2.05, 4.69) is 4.98 Å². The van der Waals surface area contributed by atoms with E-state index in [1.54, 1.807) is 20.4 Å². The Morgan fingerprint density at radius 1 is 0.889 bits per heavy atom. The molecule has 2 aromatic rings. The number of pyridine rings is 1. The standard InChI is InChI=1S/C19H23N5O3/c25-14-21-10-12-23(13-11-21)18(26)16-15-6-2-5-9-24(15)17(20-16)19(27)22-7-3-1-4-8-22/h2,5-6,9,14H,1,3-4,7-8,10-13H2. The molecule has 0 bridgehead atoms. The fraction of sp³-hybridized carbons (Fsp3) is 0.474. The third-order valence-corrected chi connectivity index (χ3v) is 5.34. The van der Waals surface area contributed by atoms with Gasteiger partial charge in [-0.05, 0) is 31.4 Å². The number of carbonyl (C=O) groups is 3. The molecule has 4 heterocycles. The lowest BCUT2D eigenvalue weighted by atomic mass is 10.1. The minimum atomic E-state index is -0.193. The summed E-state index contributed by atoms with van der Waals surface area (Å²) in [5.74, 6) is -0.0231. The quantitative estimate of drug-likeness (QED) is 0.753. The van der Waals surface area contributed by atoms with Gasteiger partial charge in [-0.25, -0.2) is 4.98 Å². The first-order chi connectivity index (χ1) is 13.2. The summed E-state index contributed by atoms with van der Waals surface area (Å²) in [6, 6.07) is 5.49. The summed E-state index contributed by atoms with van der Waals surface area (Å²) in [5.41, 5.74) is 0.941. The number of aromatic nitrogens is 2. The maximum Gasteiger partial charge on any atom is 0.290 e. The van der Waals surface area contributed by atoms with Gasteiger partial charge >= 0.3 is 0 Å². The third-order valence-electron chi connectivity index (χ3n) is 5.34. The number of fused-ring (bicyclic) bond motifs is 1. The molecule has 0 aliphatic carbocycles. The fourth-order valence-corrected chi connectivity index (χ4v) is 3.76. The molecule has 2 fully saturated rings. The SMILES string of the molecule is O=CN1CCN(C(=O)c2nc(C(=O)N3CCCCC3)n3ccccc23)CC1. The van der Waals surface area contributed by atoms with Gasteiger partial charge in [-0.15, -0.1) is 0 Å². The second-order valence-electron chi connectivity index (χ2n) is 7.03. The van der Waals surface area contributed by atoms with Crippen LogP contribution in [0.5, 0.6) is 0 Å². The zero-order valence-corrected chi connectivity index (χ0v) is 15.2. The molecular weight excluding hydrogens is 346 g/mol. The van der Waals surface area contributed by atoms with Crippen molar-refractivity contribution in [3.63, 3.8) is 0 Å². The van der Waals surface area contributed by atoms with Gasteiger partial charge in [-0.1, -0.05) is 6.07 Å². The van der Waals surface area contributed by atoms with Crippen LogP contribution in [-0.4, -0.2) is 81.6 Å². The predicted molar refractivity (Wildman–Crippen MR) is 98.5 cm³/mol. The van der Waals surface area contributed by atoms with Crippen LogP contribution in [0.25, 0.3) is 5.52 Å². The second-order valence-corrected chi connectivity index (χ2v) is 7.03. The van der Waals surface area contributed by atoms with E-state index in [0.717, 1.165) is 38.8 Å². The Balaban J connectivity index is 1.64. The van der Waals surface area contributed by atoms with Crippen LogP contribution in [0.15, 0.2) is 24.4 Å². The summed E-state index contributed by atoms with van der Waals surface area (Å²) in [7, 11) is 0. The average Bonchev–Trinajstić information content (AvgIpc) is 3.13. The van der Waals surface area contributed by atoms with Crippen molar-refractivity contribution in [3.8, 4) is 0 Å². The van der Waals surface area contributed by atoms with Gasteiger partial charge in [-0.2, -0.15) is 0 Å². The number of carbonyl (C=O) groups excluding carboxylic acids is 3. The highest BCUT2D eigenvalue weighted by Crippen LogP contribution is 2.19. The number of hydrogen-bond donors (Lipinski definition) is 0. The van der Waals surface area contributed by atoms with Crippen molar-refractivity contribution in [3.05, 3.63) is 35.9 Å². The minimum absolute atomic E-state index is 0.124. The summed E-state index contributed by atoms with van der Waals surface area (Å²) in [4.78, 5) is 46.5. The van der Waals surface area contributed by atoms with E-state index in [1.165, 1.54) is 0 Å². The number of piperazine rings is 1. The topological polar surface area (TPSA) is 78.2 Å². The number of rotatable bonds is 3. The van der Waals surface area contributed by atoms with Crippen molar-refractivity contribution < 1.29 is 14.4 Å². The molecule has 0 spiro atoms. The molecule has 0 aromatic carbocycles. The van der Waals surface area contributed by atoms with Crippen LogP contribution in [-0.2, 0) is 4.79 Å². The van der Waals surface area contributed by atoms with Crippen LogP contribution in [0, 0.1) is 0 Å². The largest absolute Gasteiger partial charge is 0.342 e. The molecule has 142 valence electrons. The fourth-order valence-electron chi connectivity index (χ4n) is 3.76. The number of piperidine rings is 1. The molecule has 8 heteroatoms. The van der Waals surface area contributed by atoms with Gasteiger partial charge in [-0.3, -0.25) is 18.8 Å². The van der Waals surface area contributed by atoms with E-state index >= 15 is 0 Å². The van der Waals surface area contributed by atoms with Crippen molar-refractivity contribution in [2.24, 2.45) is 0 Å². The summed E-state index contributed by atoms with van der Waals surface area (Å²) < 4.78 is 1.71. The molecule has 0 saturated carbocycles. The zero-order valence-electron chi connectivity index (χ0n) is 15.2. The van der Waals surface area contributed by atoms with Gasteiger partial charge in [0.05, 0.1) is 5.52 Å². The first kappa shape index (κ1) is 17.5. The molecule has 0 radical (unpaired) electrons. The highest BCUT2D eigenvalue weighted by atomic mass is 16.2. The lowest BCUT2D eigenvalue weighted by Gasteiger charge is -2.32. The van der Waals surface area contributed by atoms with Gasteiger partial charge in [0.2, 0.25) is 12.2 Å². The lowest BCUT2D eigenvalue weighted by molar-refractivity contribution is -0.119. The van der Waals surface area contributed by atoms with E-state index in [1.807, 2.05) is 23.1 Å². The van der Waals surface area contributed by atoms with E-state index in [0.29, 0.717) is 43.2 Å². The van der Waals surface area contributed by atoms with Gasteiger partial charge in [0.15, 0.2) is 5.69 Å². The second kappa shape index (κ2) is 7.38. The smallest absolute Gasteiger partial charge is 0.290 e. The first-order valence-electron chi connectivity index (χ1n) is 9.44. The molecule has 2 saturated heterocycles. The van der Waals surface area contributed by atoms with Gasteiger partial charge < -0.3 is 14.7 Å². The van der Waals surface area contributed by atoms with Crippen LogP contribution >= 0.6 is 0 Å². The van der Waals surface area contributed by atoms with Crippen molar-refractivity contribution >= 4 is 23.7 Å². The van der Waals surface area contributed by atoms with Crippen LogP contribution in [0.4, 0.5) is 0 Å².